The molecule has 0 bridgehead atoms. The van der Waals surface area contributed by atoms with E-state index < -0.39 is 0 Å². The third kappa shape index (κ3) is 12.0. The van der Waals surface area contributed by atoms with Gasteiger partial charge in [0.25, 0.3) is 0 Å². The Balaban J connectivity index is 1.51. The summed E-state index contributed by atoms with van der Waals surface area (Å²) in [6.07, 6.45) is 30.4. The Morgan fingerprint density at radius 3 is 1.30 bits per heavy atom. The van der Waals surface area contributed by atoms with Gasteiger partial charge in [0.2, 0.25) is 0 Å². The standard InChI is InChI=1S/C31H54N2/c1-3-5-7-8-9-10-11-12-13-14-15-16-17-18-23-27-33-29-28-32(26-22-6-4-2)31(33)30-24-20-19-21-25-30/h19-21,24-25,28-29,31H,3-18,22-23,26-27H2,1-2H3. The maximum atomic E-state index is 2.57. The van der Waals surface area contributed by atoms with Crippen molar-refractivity contribution in [3.63, 3.8) is 0 Å². The van der Waals surface area contributed by atoms with Crippen molar-refractivity contribution in [3.05, 3.63) is 48.3 Å². The van der Waals surface area contributed by atoms with Gasteiger partial charge in [0.1, 0.15) is 6.17 Å². The van der Waals surface area contributed by atoms with Crippen LogP contribution >= 0.6 is 0 Å². The summed E-state index contributed by atoms with van der Waals surface area (Å²) >= 11 is 0. The Hall–Kier alpha value is -1.44. The van der Waals surface area contributed by atoms with Gasteiger partial charge < -0.3 is 9.80 Å². The largest absolute Gasteiger partial charge is 0.352 e. The fraction of sp³-hybridized carbons (Fsp3) is 0.742. The lowest BCUT2D eigenvalue weighted by Crippen LogP contribution is -2.32. The maximum Gasteiger partial charge on any atom is 0.127 e. The van der Waals surface area contributed by atoms with Gasteiger partial charge in [-0.3, -0.25) is 0 Å². The van der Waals surface area contributed by atoms with Crippen LogP contribution in [0, 0.1) is 0 Å². The summed E-state index contributed by atoms with van der Waals surface area (Å²) in [5, 5.41) is 0. The first-order chi connectivity index (χ1) is 16.4. The quantitative estimate of drug-likeness (QED) is 0.170. The molecule has 1 aromatic rings. The second-order valence-electron chi connectivity index (χ2n) is 10.2. The second kappa shape index (κ2) is 18.9. The van der Waals surface area contributed by atoms with E-state index in [4.69, 9.17) is 0 Å². The first-order valence-corrected chi connectivity index (χ1v) is 14.6. The molecule has 1 aliphatic heterocycles. The molecule has 2 nitrogen and oxygen atoms in total. The van der Waals surface area contributed by atoms with Gasteiger partial charge in [-0.15, -0.1) is 0 Å². The Morgan fingerprint density at radius 1 is 0.485 bits per heavy atom. The van der Waals surface area contributed by atoms with Crippen molar-refractivity contribution in [2.45, 2.75) is 136 Å². The molecule has 0 aromatic heterocycles. The molecule has 188 valence electrons. The predicted octanol–water partition coefficient (Wildman–Crippen LogP) is 9.84. The molecule has 0 fully saturated rings. The van der Waals surface area contributed by atoms with Crippen molar-refractivity contribution < 1.29 is 0 Å². The van der Waals surface area contributed by atoms with Crippen molar-refractivity contribution in [2.75, 3.05) is 13.1 Å². The van der Waals surface area contributed by atoms with E-state index in [1.807, 2.05) is 0 Å². The molecule has 0 saturated carbocycles. The molecule has 1 aliphatic rings. The predicted molar refractivity (Wildman–Crippen MR) is 146 cm³/mol. The lowest BCUT2D eigenvalue weighted by molar-refractivity contribution is 0.150. The van der Waals surface area contributed by atoms with Crippen molar-refractivity contribution in [3.8, 4) is 0 Å². The summed E-state index contributed by atoms with van der Waals surface area (Å²) in [5.41, 5.74) is 1.43. The Morgan fingerprint density at radius 2 is 0.848 bits per heavy atom. The first-order valence-electron chi connectivity index (χ1n) is 14.6. The number of unbranched alkanes of at least 4 members (excludes halogenated alkanes) is 16. The summed E-state index contributed by atoms with van der Waals surface area (Å²) in [7, 11) is 0. The van der Waals surface area contributed by atoms with Crippen LogP contribution in [0.15, 0.2) is 42.7 Å². The highest BCUT2D eigenvalue weighted by molar-refractivity contribution is 5.21. The molecule has 2 heteroatoms. The van der Waals surface area contributed by atoms with Crippen LogP contribution in [0.3, 0.4) is 0 Å². The summed E-state index contributed by atoms with van der Waals surface area (Å²) in [5.74, 6) is 0. The minimum atomic E-state index is 0.398. The highest BCUT2D eigenvalue weighted by atomic mass is 15.4. The molecule has 1 aromatic carbocycles. The van der Waals surface area contributed by atoms with Gasteiger partial charge in [-0.1, -0.05) is 147 Å². The van der Waals surface area contributed by atoms with Gasteiger partial charge in [0.05, 0.1) is 0 Å². The Kier molecular flexibility index (Phi) is 15.9. The van der Waals surface area contributed by atoms with Crippen LogP contribution in [-0.2, 0) is 0 Å². The van der Waals surface area contributed by atoms with Gasteiger partial charge in [-0.25, -0.2) is 0 Å². The maximum absolute atomic E-state index is 2.57. The highest BCUT2D eigenvalue weighted by Crippen LogP contribution is 2.31. The minimum Gasteiger partial charge on any atom is -0.352 e. The molecule has 1 heterocycles. The molecule has 0 spiro atoms. The average Bonchev–Trinajstić information content (AvgIpc) is 3.25. The van der Waals surface area contributed by atoms with E-state index >= 15 is 0 Å². The van der Waals surface area contributed by atoms with E-state index in [9.17, 15) is 0 Å². The number of hydrogen-bond donors (Lipinski definition) is 0. The Bertz CT molecular complexity index is 582. The monoisotopic (exact) mass is 454 g/mol. The SMILES string of the molecule is CCCCCCCCCCCCCCCCCN1C=CN(CCCCC)C1c1ccccc1. The van der Waals surface area contributed by atoms with Gasteiger partial charge in [0.15, 0.2) is 0 Å². The molecule has 0 saturated heterocycles. The summed E-state index contributed by atoms with van der Waals surface area (Å²) in [4.78, 5) is 5.12. The fourth-order valence-corrected chi connectivity index (χ4v) is 5.14. The number of rotatable bonds is 21. The van der Waals surface area contributed by atoms with Crippen LogP contribution in [0.5, 0.6) is 0 Å². The van der Waals surface area contributed by atoms with E-state index in [1.165, 1.54) is 134 Å². The van der Waals surface area contributed by atoms with Gasteiger partial charge in [-0.2, -0.15) is 0 Å². The van der Waals surface area contributed by atoms with E-state index in [-0.39, 0.29) is 0 Å². The molecular formula is C31H54N2. The highest BCUT2D eigenvalue weighted by Gasteiger charge is 2.26. The third-order valence-corrected chi connectivity index (χ3v) is 7.22. The summed E-state index contributed by atoms with van der Waals surface area (Å²) < 4.78 is 0. The van der Waals surface area contributed by atoms with Crippen LogP contribution in [0.25, 0.3) is 0 Å². The molecule has 1 atom stereocenters. The van der Waals surface area contributed by atoms with Gasteiger partial charge in [-0.05, 0) is 18.4 Å². The number of nitrogens with zero attached hydrogens (tertiary/aromatic N) is 2. The summed E-state index contributed by atoms with van der Waals surface area (Å²) in [6.45, 7) is 6.93. The normalized spacial score (nSPS) is 15.6. The zero-order chi connectivity index (χ0) is 23.4. The van der Waals surface area contributed by atoms with E-state index in [0.717, 1.165) is 0 Å². The van der Waals surface area contributed by atoms with E-state index in [2.05, 4.69) is 66.4 Å². The van der Waals surface area contributed by atoms with Crippen LogP contribution in [-0.4, -0.2) is 22.9 Å². The lowest BCUT2D eigenvalue weighted by atomic mass is 10.0. The summed E-state index contributed by atoms with van der Waals surface area (Å²) in [6, 6.07) is 11.1. The van der Waals surface area contributed by atoms with Crippen molar-refractivity contribution in [2.24, 2.45) is 0 Å². The zero-order valence-electron chi connectivity index (χ0n) is 22.2. The lowest BCUT2D eigenvalue weighted by Gasteiger charge is -2.33. The minimum absolute atomic E-state index is 0.398. The van der Waals surface area contributed by atoms with E-state index in [1.54, 1.807) is 0 Å². The molecular weight excluding hydrogens is 400 g/mol. The molecule has 0 amide bonds. The Labute approximate surface area is 206 Å². The molecule has 1 unspecified atom stereocenters. The number of benzene rings is 1. The molecule has 0 radical (unpaired) electrons. The average molecular weight is 455 g/mol. The van der Waals surface area contributed by atoms with Crippen molar-refractivity contribution in [1.29, 1.82) is 0 Å². The second-order valence-corrected chi connectivity index (χ2v) is 10.2. The van der Waals surface area contributed by atoms with Crippen LogP contribution in [0.1, 0.15) is 141 Å². The zero-order valence-corrected chi connectivity index (χ0v) is 22.2. The topological polar surface area (TPSA) is 6.48 Å². The molecule has 33 heavy (non-hydrogen) atoms. The van der Waals surface area contributed by atoms with Crippen LogP contribution in [0.4, 0.5) is 0 Å². The molecule has 2 rings (SSSR count). The van der Waals surface area contributed by atoms with Gasteiger partial charge in [0, 0.05) is 25.5 Å². The number of hydrogen-bond acceptors (Lipinski definition) is 2. The third-order valence-electron chi connectivity index (χ3n) is 7.22. The fourth-order valence-electron chi connectivity index (χ4n) is 5.14. The van der Waals surface area contributed by atoms with E-state index in [0.29, 0.717) is 6.17 Å². The van der Waals surface area contributed by atoms with Crippen LogP contribution in [0.2, 0.25) is 0 Å². The first kappa shape index (κ1) is 27.8. The van der Waals surface area contributed by atoms with Crippen LogP contribution < -0.4 is 0 Å². The molecule has 0 aliphatic carbocycles. The van der Waals surface area contributed by atoms with Crippen molar-refractivity contribution >= 4 is 0 Å². The molecule has 0 N–H and O–H groups in total. The smallest absolute Gasteiger partial charge is 0.127 e. The van der Waals surface area contributed by atoms with Crippen molar-refractivity contribution in [1.82, 2.24) is 9.80 Å². The van der Waals surface area contributed by atoms with Gasteiger partial charge >= 0.3 is 0 Å².